The van der Waals surface area contributed by atoms with Gasteiger partial charge in [-0.2, -0.15) is 4.79 Å². The molecule has 0 bridgehead atoms. The van der Waals surface area contributed by atoms with E-state index in [0.29, 0.717) is 66.0 Å². The first-order chi connectivity index (χ1) is 56.3. The van der Waals surface area contributed by atoms with Crippen LogP contribution in [0.25, 0.3) is 5.53 Å². The summed E-state index contributed by atoms with van der Waals surface area (Å²) in [7, 11) is 53.6. The van der Waals surface area contributed by atoms with Crippen LogP contribution in [0.5, 0.6) is 17.2 Å². The number of methoxy groups -OCH3 is 3. The molecule has 0 aromatic heterocycles. The van der Waals surface area contributed by atoms with Gasteiger partial charge in [0, 0.05) is 327 Å². The predicted octanol–water partition coefficient (Wildman–Crippen LogP) is 11.0. The zero-order chi connectivity index (χ0) is 86.6. The third-order valence-electron chi connectivity index (χ3n) is 12.4. The molecule has 0 radical (unpaired) electrons. The van der Waals surface area contributed by atoms with E-state index in [0.717, 1.165) is 16.7 Å². The second-order valence-corrected chi connectivity index (χ2v) is 73.9. The number of aryl methyl sites for hydroxylation is 3. The first-order valence-electron chi connectivity index (χ1n) is 32.2. The number of ketones is 3. The molecule has 0 heterocycles. The lowest BCUT2D eigenvalue weighted by Gasteiger charge is -2.20. The van der Waals surface area contributed by atoms with Gasteiger partial charge in [-0.25, -0.2) is 4.79 Å². The highest BCUT2D eigenvalue weighted by molar-refractivity contribution is 8.78. The fourth-order valence-corrected chi connectivity index (χ4v) is 76.3. The van der Waals surface area contributed by atoms with Crippen LogP contribution in [0.4, 0.5) is 4.79 Å². The Morgan fingerprint density at radius 2 is 0.718 bits per heavy atom. The number of aliphatic carboxylic acids is 1. The van der Waals surface area contributed by atoms with Crippen molar-refractivity contribution in [3.8, 4) is 17.2 Å². The van der Waals surface area contributed by atoms with Crippen LogP contribution in [-0.4, -0.2) is 101 Å². The van der Waals surface area contributed by atoms with Crippen molar-refractivity contribution in [2.24, 2.45) is 0 Å². The molecule has 2 unspecified atom stereocenters. The van der Waals surface area contributed by atoms with Crippen LogP contribution >= 0.6 is 0 Å². The molecule has 0 aliphatic rings. The van der Waals surface area contributed by atoms with Crippen LogP contribution in [0.2, 0.25) is 0 Å². The molecule has 0 saturated heterocycles. The van der Waals surface area contributed by atoms with E-state index in [4.69, 9.17) is 83.8 Å². The number of benzene rings is 6. The first kappa shape index (κ1) is 113. The zero-order valence-corrected chi connectivity index (χ0v) is 89.6. The molecular weight excluding hydrogens is 2130 g/mol. The number of aliphatic hydroxyl groups is 1. The summed E-state index contributed by atoms with van der Waals surface area (Å²) in [6.45, 7) is 9.97. The van der Waals surface area contributed by atoms with Crippen molar-refractivity contribution in [3.63, 3.8) is 0 Å². The number of esters is 2. The van der Waals surface area contributed by atoms with Gasteiger partial charge < -0.3 is 49.5 Å². The van der Waals surface area contributed by atoms with E-state index in [1.54, 1.807) is 358 Å². The Hall–Kier alpha value is -1.99. The minimum absolute atomic E-state index is 0.0629. The highest BCUT2D eigenvalue weighted by Crippen LogP contribution is 2.25. The number of carboxylic acids is 1. The van der Waals surface area contributed by atoms with Crippen molar-refractivity contribution in [1.29, 1.82) is 0 Å². The van der Waals surface area contributed by atoms with Gasteiger partial charge in [0.05, 0.1) is 39.7 Å². The number of nitrogens with zero attached hydrogens (tertiary/aromatic N) is 2. The summed E-state index contributed by atoms with van der Waals surface area (Å²) in [5.74, 6) is -0.765. The van der Waals surface area contributed by atoms with Gasteiger partial charge in [-0.15, -0.1) is 0 Å². The number of Topliss-reactive ketones (excluding diaryl/α,β-unsaturated/α-hetero) is 3. The summed E-state index contributed by atoms with van der Waals surface area (Å²) >= 11 is 18.9. The average Bonchev–Trinajstić information content (AvgIpc) is 0.852. The van der Waals surface area contributed by atoms with Gasteiger partial charge in [-0.3, -0.25) is 28.8 Å². The lowest BCUT2D eigenvalue weighted by Crippen LogP contribution is -2.36. The summed E-state index contributed by atoms with van der Waals surface area (Å²) < 4.78 is 30.7. The maximum atomic E-state index is 12.9. The highest BCUT2D eigenvalue weighted by atomic mass is 33.5. The van der Waals surface area contributed by atoms with Gasteiger partial charge in [-0.05, 0) is 132 Å². The topological polar surface area (TPSA) is 264 Å². The number of alkyl carbamates (subject to hydrolysis) is 1. The Balaban J connectivity index is 0.000000720. The molecule has 117 heavy (non-hydrogen) atoms. The third kappa shape index (κ3) is 63.6. The summed E-state index contributed by atoms with van der Waals surface area (Å²) in [5, 5.41) is 20.6. The van der Waals surface area contributed by atoms with Crippen LogP contribution in [0.3, 0.4) is 0 Å². The van der Waals surface area contributed by atoms with Crippen LogP contribution in [0.1, 0.15) is 119 Å². The number of amides is 1. The van der Waals surface area contributed by atoms with Gasteiger partial charge in [0.15, 0.2) is 17.7 Å². The molecule has 1 amide bonds. The monoisotopic (exact) mass is 2210 g/mol. The average molecular weight is 2210 g/mol. The van der Waals surface area contributed by atoms with E-state index >= 15 is 0 Å². The van der Waals surface area contributed by atoms with Crippen molar-refractivity contribution >= 4 is 349 Å². The maximum absolute atomic E-state index is 12.9. The van der Waals surface area contributed by atoms with E-state index in [-0.39, 0.29) is 42.3 Å². The van der Waals surface area contributed by atoms with Crippen LogP contribution in [-0.2, 0) is 365 Å². The van der Waals surface area contributed by atoms with Crippen molar-refractivity contribution < 1.29 is 77.0 Å². The van der Waals surface area contributed by atoms with Gasteiger partial charge in [-0.1, -0.05) is 115 Å². The van der Waals surface area contributed by atoms with E-state index < -0.39 is 54.0 Å². The molecule has 2 atom stereocenters. The van der Waals surface area contributed by atoms with Crippen LogP contribution < -0.4 is 19.5 Å². The van der Waals surface area contributed by atoms with Gasteiger partial charge in [0.1, 0.15) is 41.1 Å². The molecule has 6 aromatic carbocycles. The van der Waals surface area contributed by atoms with Gasteiger partial charge in [0.25, 0.3) is 0 Å². The number of carboxylic acid groups (broad SMARTS) is 1. The second-order valence-electron chi connectivity index (χ2n) is 22.6. The smallest absolute Gasteiger partial charge is 0.408 e. The second kappa shape index (κ2) is 74.3. The fourth-order valence-electron chi connectivity index (χ4n) is 7.72. The van der Waals surface area contributed by atoms with E-state index in [1.807, 2.05) is 91.0 Å². The lowest BCUT2D eigenvalue weighted by atomic mass is 9.99. The van der Waals surface area contributed by atoms with Crippen molar-refractivity contribution in [3.05, 3.63) is 203 Å². The molecule has 3 N–H and O–H groups in total. The Morgan fingerprint density at radius 1 is 0.402 bits per heavy atom. The number of carbonyl (C=O) groups is 7. The molecule has 51 heteroatoms. The van der Waals surface area contributed by atoms with Gasteiger partial charge >= 0.3 is 29.7 Å². The molecule has 0 aliphatic carbocycles. The van der Waals surface area contributed by atoms with E-state index in [2.05, 4.69) is 10.1 Å². The Morgan fingerprint density at radius 3 is 1.03 bits per heavy atom. The molecule has 6 aromatic rings. The Bertz CT molecular complexity index is 5580. The lowest BCUT2D eigenvalue weighted by molar-refractivity contribution is -0.157. The standard InChI is InChI=1S/C24H29NO6.C17H16N2O2.C17H18O3.C8H14O4.S17.S16/c1-24(2,3)31-23(28)25-16-21(27)30-22(18-11-13-19(29-4)14-12-18)20(26)15-10-17-8-6-5-7-9-17;1-21-15-10-8-14(9-11-15)17(19-18)16(20)12-7-13-5-3-2-4-6-13;1-20-15-10-8-14(9-11-15)17(19)16(18)12-7-13-5-3-2-4-6-13;1-8(2,3)12-7(11)5-4-6(9)10;1-3-5-7-9-11-13-15-17-16-14-12-10-8-6-4-2;1-3-5-7-9-11-13-15-16-14-12-10-8-6-4-2/h5-9,11-14,22H,10,15-16H2,1-4H3,(H,25,28);2-6,8-11H,7,12H2,1H3;2-6,8-11,17,19H,7,12H2,1H3;4-5H2,1-3H3,(H,9,10);;. The SMILES string of the molecule is CC(C)(C)OC(=O)CCC(=O)O.COc1ccc(C(=[N+]=[N-])C(=O)CCc2ccccc2)cc1.COc1ccc(C(O)C(=O)CCc2ccccc2)cc1.COc1ccc(C(OC(=O)CNC(=O)OC(C)(C)C)C(=O)CCc2ccccc2)cc1.S=S=S=S=S=S=S=S=S=S=S=S=S=S=S=S.S=S=S=S=S=S=S=S=S=S=S=S=S=S=S=S=S. The number of hydrogen-bond donors (Lipinski definition) is 3. The van der Waals surface area contributed by atoms with E-state index in [9.17, 15) is 38.7 Å². The number of carbonyl (C=O) groups excluding carboxylic acids is 6. The quantitative estimate of drug-likeness (QED) is 0.0167. The van der Waals surface area contributed by atoms with Crippen LogP contribution in [0.15, 0.2) is 164 Å². The first-order valence-corrected chi connectivity index (χ1v) is 73.6. The molecule has 6 rings (SSSR count). The predicted molar refractivity (Wildman–Crippen MR) is 560 cm³/mol. The molecular formula is C66H77N3O15S33. The molecule has 0 saturated carbocycles. The molecule has 0 fully saturated rings. The zero-order valence-electron chi connectivity index (χ0n) is 62.7. The number of aliphatic hydroxyl groups excluding tert-OH is 1. The summed E-state index contributed by atoms with van der Waals surface area (Å²) in [6, 6.07) is 49.6. The minimum atomic E-state index is -1.08. The van der Waals surface area contributed by atoms with E-state index in [1.165, 1.54) is 35.5 Å². The summed E-state index contributed by atoms with van der Waals surface area (Å²) in [6.07, 6.45) is -0.489. The summed E-state index contributed by atoms with van der Waals surface area (Å²) in [5.41, 5.74) is 12.9. The molecule has 0 spiro atoms. The van der Waals surface area contributed by atoms with Crippen molar-refractivity contribution in [1.82, 2.24) is 5.32 Å². The van der Waals surface area contributed by atoms with Crippen LogP contribution in [0, 0.1) is 0 Å². The Kier molecular flexibility index (Phi) is 71.8. The van der Waals surface area contributed by atoms with Gasteiger partial charge in [0.2, 0.25) is 5.78 Å². The summed E-state index contributed by atoms with van der Waals surface area (Å²) in [4.78, 5) is 85.3. The number of rotatable bonds is 24. The normalized spacial score (nSPS) is 10.1. The fraction of sp³-hybridized carbons (Fsp3) is 0.333. The number of nitrogens with one attached hydrogen (secondary N) is 1. The molecule has 18 nitrogen and oxygen atoms in total. The highest BCUT2D eigenvalue weighted by Gasteiger charge is 2.27. The minimum Gasteiger partial charge on any atom is -0.497 e. The molecule has 644 valence electrons. The number of ether oxygens (including phenoxy) is 6. The molecule has 0 aliphatic heterocycles. The Labute approximate surface area is 784 Å². The largest absolute Gasteiger partial charge is 0.497 e. The van der Waals surface area contributed by atoms with Crippen molar-refractivity contribution in [2.45, 2.75) is 116 Å². The maximum Gasteiger partial charge on any atom is 0.408 e. The van der Waals surface area contributed by atoms with Crippen molar-refractivity contribution in [2.75, 3.05) is 27.9 Å². The third-order valence-corrected chi connectivity index (χ3v) is 72.4. The number of hydrogen-bond acceptors (Lipinski definition) is 18.